The normalized spacial score (nSPS) is 20.7. The third kappa shape index (κ3) is 6.64. The Hall–Kier alpha value is -6.78. The van der Waals surface area contributed by atoms with Crippen LogP contribution in [0.5, 0.6) is 0 Å². The number of hydrogen-bond acceptors (Lipinski definition) is 3. The number of benzene rings is 8. The summed E-state index contributed by atoms with van der Waals surface area (Å²) in [5.74, 6) is 0. The molecule has 2 unspecified atom stereocenters. The van der Waals surface area contributed by atoms with E-state index in [0.29, 0.717) is 0 Å². The van der Waals surface area contributed by atoms with E-state index in [1.165, 1.54) is 112 Å². The Morgan fingerprint density at radius 1 is 0.419 bits per heavy atom. The van der Waals surface area contributed by atoms with Gasteiger partial charge in [-0.25, -0.2) is 0 Å². The van der Waals surface area contributed by atoms with Crippen molar-refractivity contribution in [3.05, 3.63) is 209 Å². The van der Waals surface area contributed by atoms with Crippen LogP contribution in [0.4, 0.5) is 45.5 Å². The molecule has 0 spiro atoms. The quantitative estimate of drug-likeness (QED) is 0.163. The zero-order valence-electron chi connectivity index (χ0n) is 45.9. The van der Waals surface area contributed by atoms with E-state index in [2.05, 4.69) is 268 Å². The molecule has 0 aromatic heterocycles. The lowest BCUT2D eigenvalue weighted by Gasteiger charge is -2.52. The number of rotatable bonds is 4. The third-order valence-electron chi connectivity index (χ3n) is 19.0. The lowest BCUT2D eigenvalue weighted by molar-refractivity contribution is 0.245. The molecule has 0 fully saturated rings. The lowest BCUT2D eigenvalue weighted by atomic mass is 9.33. The zero-order valence-corrected chi connectivity index (χ0v) is 45.9. The lowest BCUT2D eigenvalue weighted by Crippen LogP contribution is -2.62. The summed E-state index contributed by atoms with van der Waals surface area (Å²) in [4.78, 5) is 8.13. The third-order valence-corrected chi connectivity index (χ3v) is 19.0. The predicted octanol–water partition coefficient (Wildman–Crippen LogP) is 16.7. The minimum Gasteiger partial charge on any atom is -0.330 e. The first-order valence-corrected chi connectivity index (χ1v) is 27.6. The minimum atomic E-state index is -0.402. The SMILES string of the molecule is CC(C)(C)c1ccc(N2c3cc4c(cc3B3c5ccccc5N(c5ccccc5)c5cc(N6c7ccc(C(C)(C)C)cc7C7(C)CCc8ccccc8C67C)cc2c53)C(C)(C)CCC4(C)C)c(-c2ccccc2)c1. The van der Waals surface area contributed by atoms with E-state index in [0.717, 1.165) is 25.7 Å². The average Bonchev–Trinajstić information content (AvgIpc) is 3.66. The van der Waals surface area contributed by atoms with Crippen LogP contribution in [0, 0.1) is 0 Å². The van der Waals surface area contributed by atoms with Gasteiger partial charge in [0, 0.05) is 50.8 Å². The number of fused-ring (bicyclic) bond motifs is 10. The van der Waals surface area contributed by atoms with E-state index in [9.17, 15) is 0 Å². The Morgan fingerprint density at radius 3 is 1.69 bits per heavy atom. The van der Waals surface area contributed by atoms with Gasteiger partial charge in [0.1, 0.15) is 0 Å². The summed E-state index contributed by atoms with van der Waals surface area (Å²) in [5, 5.41) is 0. The van der Waals surface area contributed by atoms with Crippen molar-refractivity contribution in [1.29, 1.82) is 0 Å². The maximum Gasteiger partial charge on any atom is 0.252 e. The molecule has 8 aromatic carbocycles. The summed E-state index contributed by atoms with van der Waals surface area (Å²) in [6.07, 6.45) is 4.43. The Kier molecular flexibility index (Phi) is 10.1. The van der Waals surface area contributed by atoms with Crippen LogP contribution in [0.15, 0.2) is 170 Å². The highest BCUT2D eigenvalue weighted by molar-refractivity contribution is 7.00. The first-order chi connectivity index (χ1) is 35.2. The molecule has 0 saturated heterocycles. The molecule has 2 atom stereocenters. The van der Waals surface area contributed by atoms with Crippen LogP contribution < -0.4 is 31.1 Å². The van der Waals surface area contributed by atoms with Gasteiger partial charge in [0.15, 0.2) is 0 Å². The summed E-state index contributed by atoms with van der Waals surface area (Å²) in [6, 6.07) is 66.5. The Bertz CT molecular complexity index is 3590. The molecule has 0 N–H and O–H groups in total. The first kappa shape index (κ1) is 47.0. The molecule has 2 aliphatic carbocycles. The maximum absolute atomic E-state index is 2.80. The van der Waals surface area contributed by atoms with Crippen LogP contribution in [0.3, 0.4) is 0 Å². The van der Waals surface area contributed by atoms with E-state index in [-0.39, 0.29) is 33.8 Å². The van der Waals surface area contributed by atoms with E-state index in [4.69, 9.17) is 0 Å². The Morgan fingerprint density at radius 2 is 1.00 bits per heavy atom. The first-order valence-electron chi connectivity index (χ1n) is 27.6. The van der Waals surface area contributed by atoms with Crippen LogP contribution in [-0.4, -0.2) is 6.71 Å². The molecule has 0 amide bonds. The predicted molar refractivity (Wildman–Crippen MR) is 317 cm³/mol. The molecule has 8 aromatic rings. The number of nitrogens with zero attached hydrogens (tertiary/aromatic N) is 3. The summed E-state index contributed by atoms with van der Waals surface area (Å²) < 4.78 is 0. The number of anilines is 8. The molecule has 4 heteroatoms. The van der Waals surface area contributed by atoms with Crippen molar-refractivity contribution in [2.45, 2.75) is 141 Å². The smallest absolute Gasteiger partial charge is 0.252 e. The van der Waals surface area contributed by atoms with Crippen LogP contribution in [0.2, 0.25) is 0 Å². The van der Waals surface area contributed by atoms with Gasteiger partial charge in [0.25, 0.3) is 6.71 Å². The molecule has 3 aliphatic heterocycles. The topological polar surface area (TPSA) is 9.72 Å². The zero-order chi connectivity index (χ0) is 51.5. The number of para-hydroxylation sites is 2. The second-order valence-electron chi connectivity index (χ2n) is 26.3. The van der Waals surface area contributed by atoms with Gasteiger partial charge in [0.05, 0.1) is 11.2 Å². The Balaban J connectivity index is 1.20. The Labute approximate surface area is 442 Å². The molecule has 0 saturated carbocycles. The van der Waals surface area contributed by atoms with Crippen LogP contribution in [0.25, 0.3) is 11.1 Å². The van der Waals surface area contributed by atoms with Crippen molar-refractivity contribution in [1.82, 2.24) is 0 Å². The molecule has 5 aliphatic rings. The van der Waals surface area contributed by atoms with Crippen molar-refractivity contribution in [2.24, 2.45) is 0 Å². The van der Waals surface area contributed by atoms with E-state index < -0.39 is 5.54 Å². The van der Waals surface area contributed by atoms with Gasteiger partial charge in [-0.05, 0) is 170 Å². The molecule has 3 nitrogen and oxygen atoms in total. The largest absolute Gasteiger partial charge is 0.330 e. The fourth-order valence-electron chi connectivity index (χ4n) is 14.5. The average molecular weight is 966 g/mol. The van der Waals surface area contributed by atoms with E-state index >= 15 is 0 Å². The van der Waals surface area contributed by atoms with Crippen molar-refractivity contribution >= 4 is 68.6 Å². The number of aryl methyl sites for hydroxylation is 1. The fourth-order valence-corrected chi connectivity index (χ4v) is 14.5. The van der Waals surface area contributed by atoms with Gasteiger partial charge < -0.3 is 14.7 Å². The summed E-state index contributed by atoms with van der Waals surface area (Å²) in [5.41, 5.74) is 25.9. The highest BCUT2D eigenvalue weighted by Gasteiger charge is 2.60. The molecule has 370 valence electrons. The standard InChI is InChI=1S/C70H72BN3/c1-65(2,3)47-31-33-58(51(39-47)45-23-15-13-16-24-45)73-61-44-54-53(67(7,8)37-38-68(54,9)10)43-57(61)71-56-29-21-22-30-60(56)72(49-26-17-14-18-27-49)62-41-50(42-63(73)64(62)71)74-59-34-32-48(66(4,5)6)40-55(59)69(11)36-35-46-25-19-20-28-52(46)70(69,74)12/h13-34,39-44H,35-38H2,1-12H3. The van der Waals surface area contributed by atoms with E-state index in [1.807, 2.05) is 0 Å². The second-order valence-corrected chi connectivity index (χ2v) is 26.3. The molecule has 3 heterocycles. The molecule has 13 rings (SSSR count). The van der Waals surface area contributed by atoms with Crippen molar-refractivity contribution < 1.29 is 0 Å². The highest BCUT2D eigenvalue weighted by atomic mass is 15.3. The highest BCUT2D eigenvalue weighted by Crippen LogP contribution is 2.65. The number of hydrogen-bond donors (Lipinski definition) is 0. The summed E-state index contributed by atoms with van der Waals surface area (Å²) in [7, 11) is 0. The van der Waals surface area contributed by atoms with Gasteiger partial charge in [-0.3, -0.25) is 0 Å². The maximum atomic E-state index is 2.80. The minimum absolute atomic E-state index is 0.00433. The summed E-state index contributed by atoms with van der Waals surface area (Å²) in [6.45, 7) is 29.2. The molecular formula is C70H72BN3. The van der Waals surface area contributed by atoms with Crippen molar-refractivity contribution in [2.75, 3.05) is 14.7 Å². The fraction of sp³-hybridized carbons (Fsp3) is 0.314. The molecule has 74 heavy (non-hydrogen) atoms. The van der Waals surface area contributed by atoms with Crippen LogP contribution in [-0.2, 0) is 39.0 Å². The van der Waals surface area contributed by atoms with Gasteiger partial charge in [-0.1, -0.05) is 191 Å². The monoisotopic (exact) mass is 966 g/mol. The van der Waals surface area contributed by atoms with Gasteiger partial charge >= 0.3 is 0 Å². The van der Waals surface area contributed by atoms with Gasteiger partial charge in [0.2, 0.25) is 0 Å². The van der Waals surface area contributed by atoms with Gasteiger partial charge in [-0.15, -0.1) is 0 Å². The molecule has 0 bridgehead atoms. The molecule has 0 radical (unpaired) electrons. The summed E-state index contributed by atoms with van der Waals surface area (Å²) >= 11 is 0. The van der Waals surface area contributed by atoms with Crippen LogP contribution in [0.1, 0.15) is 141 Å². The van der Waals surface area contributed by atoms with Crippen molar-refractivity contribution in [3.63, 3.8) is 0 Å². The van der Waals surface area contributed by atoms with Crippen LogP contribution >= 0.6 is 0 Å². The second kappa shape index (κ2) is 15.9. The molecular weight excluding hydrogens is 894 g/mol. The van der Waals surface area contributed by atoms with E-state index in [1.54, 1.807) is 0 Å². The van der Waals surface area contributed by atoms with Crippen molar-refractivity contribution in [3.8, 4) is 11.1 Å². The van der Waals surface area contributed by atoms with Gasteiger partial charge in [-0.2, -0.15) is 0 Å².